The van der Waals surface area contributed by atoms with Crippen molar-refractivity contribution in [2.75, 3.05) is 18.9 Å². The maximum Gasteiger partial charge on any atom is 0.357 e. The second-order valence-corrected chi connectivity index (χ2v) is 4.30. The Labute approximate surface area is 105 Å². The molecule has 6 heteroatoms. The van der Waals surface area contributed by atoms with Crippen LogP contribution in [0.5, 0.6) is 0 Å². The molecule has 0 bridgehead atoms. The molecule has 6 nitrogen and oxygen atoms in total. The number of rotatable bonds is 5. The Morgan fingerprint density at radius 3 is 2.83 bits per heavy atom. The average molecular weight is 249 g/mol. The molecule has 96 valence electrons. The number of amides is 1. The highest BCUT2D eigenvalue weighted by Gasteiger charge is 2.21. The van der Waals surface area contributed by atoms with E-state index in [2.05, 4.69) is 10.3 Å². The minimum Gasteiger partial charge on any atom is -0.451 e. The summed E-state index contributed by atoms with van der Waals surface area (Å²) in [5.74, 6) is -0.314. The van der Waals surface area contributed by atoms with E-state index in [-0.39, 0.29) is 18.2 Å². The van der Waals surface area contributed by atoms with Crippen LogP contribution in [0.1, 0.15) is 23.3 Å². The van der Waals surface area contributed by atoms with Crippen molar-refractivity contribution >= 4 is 17.6 Å². The fourth-order valence-electron chi connectivity index (χ4n) is 1.36. The number of nitrogens with one attached hydrogen (secondary N) is 1. The normalized spacial score (nSPS) is 14.0. The number of aromatic nitrogens is 1. The topological polar surface area (TPSA) is 94.3 Å². The van der Waals surface area contributed by atoms with E-state index in [4.69, 9.17) is 10.5 Å². The molecule has 1 aliphatic rings. The van der Waals surface area contributed by atoms with Gasteiger partial charge in [0.1, 0.15) is 5.69 Å². The summed E-state index contributed by atoms with van der Waals surface area (Å²) in [5.41, 5.74) is 6.05. The van der Waals surface area contributed by atoms with Gasteiger partial charge in [0, 0.05) is 6.54 Å². The van der Waals surface area contributed by atoms with Gasteiger partial charge in [0.05, 0.1) is 11.9 Å². The quantitative estimate of drug-likeness (QED) is 0.734. The molecule has 3 N–H and O–H groups in total. The van der Waals surface area contributed by atoms with Crippen LogP contribution < -0.4 is 11.1 Å². The minimum absolute atomic E-state index is 0.138. The summed E-state index contributed by atoms with van der Waals surface area (Å²) in [4.78, 5) is 26.7. The zero-order valence-electron chi connectivity index (χ0n) is 9.89. The summed E-state index contributed by atoms with van der Waals surface area (Å²) >= 11 is 0. The first-order chi connectivity index (χ1) is 8.65. The lowest BCUT2D eigenvalue weighted by molar-refractivity contribution is -0.124. The molecule has 18 heavy (non-hydrogen) atoms. The van der Waals surface area contributed by atoms with Crippen LogP contribution >= 0.6 is 0 Å². The molecule has 1 aromatic rings. The second kappa shape index (κ2) is 5.48. The number of nitrogen functional groups attached to an aromatic ring is 1. The van der Waals surface area contributed by atoms with E-state index in [0.29, 0.717) is 18.2 Å². The molecule has 1 amide bonds. The van der Waals surface area contributed by atoms with Crippen LogP contribution in [-0.2, 0) is 9.53 Å². The third-order valence-corrected chi connectivity index (χ3v) is 2.61. The van der Waals surface area contributed by atoms with Crippen LogP contribution in [0.4, 0.5) is 5.69 Å². The number of esters is 1. The third-order valence-electron chi connectivity index (χ3n) is 2.61. The van der Waals surface area contributed by atoms with Crippen LogP contribution in [0.3, 0.4) is 0 Å². The highest BCUT2D eigenvalue weighted by atomic mass is 16.5. The van der Waals surface area contributed by atoms with Gasteiger partial charge in [-0.1, -0.05) is 0 Å². The molecule has 2 rings (SSSR count). The monoisotopic (exact) mass is 249 g/mol. The summed E-state index contributed by atoms with van der Waals surface area (Å²) in [7, 11) is 0. The Bertz CT molecular complexity index is 440. The molecule has 0 aromatic carbocycles. The van der Waals surface area contributed by atoms with Gasteiger partial charge in [0.2, 0.25) is 0 Å². The Kier molecular flexibility index (Phi) is 3.76. The summed E-state index contributed by atoms with van der Waals surface area (Å²) in [6.45, 7) is 0.383. The molecule has 0 unspecified atom stereocenters. The molecule has 0 atom stereocenters. The van der Waals surface area contributed by atoms with E-state index in [1.54, 1.807) is 6.07 Å². The Morgan fingerprint density at radius 1 is 1.44 bits per heavy atom. The van der Waals surface area contributed by atoms with Gasteiger partial charge < -0.3 is 15.8 Å². The Hall–Kier alpha value is -2.11. The van der Waals surface area contributed by atoms with Crippen molar-refractivity contribution in [1.29, 1.82) is 0 Å². The molecular weight excluding hydrogens is 234 g/mol. The average Bonchev–Trinajstić information content (AvgIpc) is 3.18. The second-order valence-electron chi connectivity index (χ2n) is 4.30. The molecule has 0 aliphatic heterocycles. The van der Waals surface area contributed by atoms with E-state index in [0.717, 1.165) is 12.8 Å². The predicted molar refractivity (Wildman–Crippen MR) is 64.7 cm³/mol. The molecule has 1 aromatic heterocycles. The van der Waals surface area contributed by atoms with Crippen molar-refractivity contribution in [2.45, 2.75) is 12.8 Å². The molecule has 1 aliphatic carbocycles. The number of hydrogen-bond acceptors (Lipinski definition) is 5. The molecule has 0 saturated heterocycles. The molecular formula is C12H15N3O3. The van der Waals surface area contributed by atoms with Crippen LogP contribution in [-0.4, -0.2) is 30.0 Å². The SMILES string of the molecule is Nc1ccc(C(=O)OCC(=O)NCC2CC2)nc1. The smallest absolute Gasteiger partial charge is 0.357 e. The lowest BCUT2D eigenvalue weighted by Gasteiger charge is -2.05. The van der Waals surface area contributed by atoms with Gasteiger partial charge in [-0.05, 0) is 30.9 Å². The lowest BCUT2D eigenvalue weighted by Crippen LogP contribution is -2.30. The molecule has 0 radical (unpaired) electrons. The third kappa shape index (κ3) is 3.73. The van der Waals surface area contributed by atoms with Gasteiger partial charge in [-0.3, -0.25) is 4.79 Å². The van der Waals surface area contributed by atoms with Crippen LogP contribution in [0.25, 0.3) is 0 Å². The highest BCUT2D eigenvalue weighted by molar-refractivity contribution is 5.89. The summed E-state index contributed by atoms with van der Waals surface area (Å²) in [6.07, 6.45) is 3.69. The predicted octanol–water partition coefficient (Wildman–Crippen LogP) is 0.347. The highest BCUT2D eigenvalue weighted by Crippen LogP contribution is 2.27. The first-order valence-electron chi connectivity index (χ1n) is 5.80. The number of nitrogens with zero attached hydrogens (tertiary/aromatic N) is 1. The number of nitrogens with two attached hydrogens (primary N) is 1. The summed E-state index contributed by atoms with van der Waals surface area (Å²) in [6, 6.07) is 3.01. The summed E-state index contributed by atoms with van der Waals surface area (Å²) < 4.78 is 4.83. The van der Waals surface area contributed by atoms with Crippen LogP contribution in [0.15, 0.2) is 18.3 Å². The van der Waals surface area contributed by atoms with Crippen molar-refractivity contribution in [1.82, 2.24) is 10.3 Å². The largest absolute Gasteiger partial charge is 0.451 e. The number of ether oxygens (including phenoxy) is 1. The fourth-order valence-corrected chi connectivity index (χ4v) is 1.36. The van der Waals surface area contributed by atoms with E-state index in [1.807, 2.05) is 0 Å². The van der Waals surface area contributed by atoms with Crippen LogP contribution in [0, 0.1) is 5.92 Å². The molecule has 0 spiro atoms. The first-order valence-corrected chi connectivity index (χ1v) is 5.80. The van der Waals surface area contributed by atoms with Gasteiger partial charge in [0.15, 0.2) is 6.61 Å². The Morgan fingerprint density at radius 2 is 2.22 bits per heavy atom. The zero-order chi connectivity index (χ0) is 13.0. The number of anilines is 1. The van der Waals surface area contributed by atoms with E-state index in [9.17, 15) is 9.59 Å². The van der Waals surface area contributed by atoms with Gasteiger partial charge >= 0.3 is 5.97 Å². The van der Waals surface area contributed by atoms with Crippen molar-refractivity contribution < 1.29 is 14.3 Å². The lowest BCUT2D eigenvalue weighted by atomic mass is 10.3. The van der Waals surface area contributed by atoms with Crippen molar-refractivity contribution in [3.05, 3.63) is 24.0 Å². The number of carbonyl (C=O) groups is 2. The number of pyridine rings is 1. The standard InChI is InChI=1S/C12H15N3O3/c13-9-3-4-10(14-6-9)12(17)18-7-11(16)15-5-8-1-2-8/h3-4,6,8H,1-2,5,7,13H2,(H,15,16). The maximum absolute atomic E-state index is 11.5. The number of carbonyl (C=O) groups excluding carboxylic acids is 2. The van der Waals surface area contributed by atoms with Gasteiger partial charge in [-0.2, -0.15) is 0 Å². The Balaban J connectivity index is 1.73. The minimum atomic E-state index is -0.628. The maximum atomic E-state index is 11.5. The van der Waals surface area contributed by atoms with Crippen molar-refractivity contribution in [2.24, 2.45) is 5.92 Å². The fraction of sp³-hybridized carbons (Fsp3) is 0.417. The van der Waals surface area contributed by atoms with Gasteiger partial charge in [-0.15, -0.1) is 0 Å². The van der Waals surface area contributed by atoms with E-state index in [1.165, 1.54) is 12.3 Å². The summed E-state index contributed by atoms with van der Waals surface area (Å²) in [5, 5.41) is 2.70. The number of hydrogen-bond donors (Lipinski definition) is 2. The first kappa shape index (κ1) is 12.3. The molecule has 1 fully saturated rings. The van der Waals surface area contributed by atoms with Gasteiger partial charge in [0.25, 0.3) is 5.91 Å². The molecule has 1 saturated carbocycles. The zero-order valence-corrected chi connectivity index (χ0v) is 9.89. The van der Waals surface area contributed by atoms with E-state index >= 15 is 0 Å². The van der Waals surface area contributed by atoms with Crippen molar-refractivity contribution in [3.63, 3.8) is 0 Å². The van der Waals surface area contributed by atoms with Gasteiger partial charge in [-0.25, -0.2) is 9.78 Å². The molecule has 1 heterocycles. The van der Waals surface area contributed by atoms with Crippen molar-refractivity contribution in [3.8, 4) is 0 Å². The van der Waals surface area contributed by atoms with Crippen LogP contribution in [0.2, 0.25) is 0 Å². The van der Waals surface area contributed by atoms with E-state index < -0.39 is 5.97 Å².